The molecular weight excluding hydrogens is 403 g/mol. The van der Waals surface area contributed by atoms with Crippen LogP contribution < -0.4 is 5.32 Å². The fourth-order valence-electron chi connectivity index (χ4n) is 6.20. The molecule has 0 radical (unpaired) electrons. The van der Waals surface area contributed by atoms with E-state index in [1.165, 1.54) is 25.3 Å². The lowest BCUT2D eigenvalue weighted by molar-refractivity contribution is -0.130. The molecule has 0 spiro atoms. The second-order valence-electron chi connectivity index (χ2n) is 10.2. The van der Waals surface area contributed by atoms with Gasteiger partial charge in [-0.25, -0.2) is 4.39 Å². The molecule has 32 heavy (non-hydrogen) atoms. The zero-order chi connectivity index (χ0) is 22.3. The molecule has 3 aliphatic rings. The predicted octanol–water partition coefficient (Wildman–Crippen LogP) is 6.00. The molecular formula is C27H39FN2O2. The first-order valence-electron chi connectivity index (χ1n) is 13.0. The lowest BCUT2D eigenvalue weighted by Gasteiger charge is -2.44. The maximum atomic E-state index is 14.7. The molecule has 0 bridgehead atoms. The highest BCUT2D eigenvalue weighted by molar-refractivity contribution is 5.98. The predicted molar refractivity (Wildman–Crippen MR) is 125 cm³/mol. The van der Waals surface area contributed by atoms with Gasteiger partial charge in [-0.15, -0.1) is 0 Å². The van der Waals surface area contributed by atoms with E-state index >= 15 is 0 Å². The van der Waals surface area contributed by atoms with Crippen molar-refractivity contribution < 1.29 is 14.0 Å². The Bertz CT molecular complexity index is 765. The maximum absolute atomic E-state index is 14.7. The van der Waals surface area contributed by atoms with Crippen molar-refractivity contribution in [2.24, 2.45) is 5.92 Å². The Morgan fingerprint density at radius 1 is 0.812 bits per heavy atom. The summed E-state index contributed by atoms with van der Waals surface area (Å²) in [5, 5.41) is 3.33. The van der Waals surface area contributed by atoms with Gasteiger partial charge in [0.05, 0.1) is 5.56 Å². The largest absolute Gasteiger partial charge is 0.352 e. The van der Waals surface area contributed by atoms with Crippen LogP contribution in [0.5, 0.6) is 0 Å². The van der Waals surface area contributed by atoms with Crippen LogP contribution >= 0.6 is 0 Å². The van der Waals surface area contributed by atoms with Crippen molar-refractivity contribution in [3.05, 3.63) is 35.6 Å². The number of rotatable bonds is 6. The molecule has 2 amide bonds. The van der Waals surface area contributed by atoms with E-state index in [1.54, 1.807) is 18.2 Å². The van der Waals surface area contributed by atoms with Crippen molar-refractivity contribution in [3.8, 4) is 0 Å². The highest BCUT2D eigenvalue weighted by Gasteiger charge is 2.42. The highest BCUT2D eigenvalue weighted by atomic mass is 19.1. The fraction of sp³-hybridized carbons (Fsp3) is 0.704. The Balaban J connectivity index is 1.66. The van der Waals surface area contributed by atoms with Crippen molar-refractivity contribution in [3.63, 3.8) is 0 Å². The van der Waals surface area contributed by atoms with Crippen LogP contribution in [0.1, 0.15) is 107 Å². The normalized spacial score (nSPS) is 22.3. The van der Waals surface area contributed by atoms with Crippen LogP contribution in [-0.4, -0.2) is 34.8 Å². The van der Waals surface area contributed by atoms with Gasteiger partial charge in [-0.2, -0.15) is 0 Å². The summed E-state index contributed by atoms with van der Waals surface area (Å²) >= 11 is 0. The first-order valence-corrected chi connectivity index (χ1v) is 13.0. The number of nitrogens with one attached hydrogen (secondary N) is 1. The van der Waals surface area contributed by atoms with Gasteiger partial charge >= 0.3 is 0 Å². The average Bonchev–Trinajstić information content (AvgIpc) is 2.84. The minimum Gasteiger partial charge on any atom is -0.352 e. The molecule has 1 aromatic rings. The Labute approximate surface area is 192 Å². The molecule has 1 N–H and O–H groups in total. The number of halogens is 1. The van der Waals surface area contributed by atoms with Gasteiger partial charge < -0.3 is 10.2 Å². The van der Waals surface area contributed by atoms with Gasteiger partial charge in [-0.1, -0.05) is 69.9 Å². The molecule has 3 fully saturated rings. The van der Waals surface area contributed by atoms with Crippen LogP contribution in [0.2, 0.25) is 0 Å². The molecule has 3 saturated carbocycles. The molecule has 176 valence electrons. The van der Waals surface area contributed by atoms with E-state index in [4.69, 9.17) is 0 Å². The summed E-state index contributed by atoms with van der Waals surface area (Å²) < 4.78 is 14.7. The third-order valence-electron chi connectivity index (χ3n) is 7.92. The molecule has 0 heterocycles. The average molecular weight is 443 g/mol. The monoisotopic (exact) mass is 442 g/mol. The van der Waals surface area contributed by atoms with Crippen LogP contribution in [0.4, 0.5) is 4.39 Å². The van der Waals surface area contributed by atoms with Gasteiger partial charge in [0.25, 0.3) is 5.91 Å². The molecule has 0 aliphatic heterocycles. The third-order valence-corrected chi connectivity index (χ3v) is 7.92. The van der Waals surface area contributed by atoms with E-state index in [1.807, 2.05) is 4.90 Å². The molecule has 5 heteroatoms. The van der Waals surface area contributed by atoms with Gasteiger partial charge in [0.15, 0.2) is 0 Å². The summed E-state index contributed by atoms with van der Waals surface area (Å²) in [6.45, 7) is 0. The quantitative estimate of drug-likeness (QED) is 0.587. The number of hydrogen-bond acceptors (Lipinski definition) is 2. The Kier molecular flexibility index (Phi) is 8.20. The van der Waals surface area contributed by atoms with E-state index in [9.17, 15) is 14.0 Å². The van der Waals surface area contributed by atoms with E-state index < -0.39 is 11.9 Å². The number of carbonyl (C=O) groups is 2. The second-order valence-corrected chi connectivity index (χ2v) is 10.2. The van der Waals surface area contributed by atoms with Crippen molar-refractivity contribution >= 4 is 11.8 Å². The van der Waals surface area contributed by atoms with Crippen molar-refractivity contribution in [1.82, 2.24) is 10.2 Å². The lowest BCUT2D eigenvalue weighted by atomic mass is 9.80. The Hall–Kier alpha value is -1.91. The lowest BCUT2D eigenvalue weighted by Crippen LogP contribution is -2.59. The van der Waals surface area contributed by atoms with Gasteiger partial charge in [-0.05, 0) is 56.6 Å². The fourth-order valence-corrected chi connectivity index (χ4v) is 6.20. The zero-order valence-electron chi connectivity index (χ0n) is 19.4. The minimum absolute atomic E-state index is 0.000868. The molecule has 4 nitrogen and oxygen atoms in total. The SMILES string of the molecule is O=C(NC1CCCCC1)C(C1CCCCC1)N(C(=O)c1ccccc1F)C1CCCCC1. The molecule has 0 saturated heterocycles. The molecule has 4 rings (SSSR count). The first-order chi connectivity index (χ1) is 15.6. The number of nitrogens with zero attached hydrogens (tertiary/aromatic N) is 1. The van der Waals surface area contributed by atoms with Gasteiger partial charge in [0.2, 0.25) is 5.91 Å². The molecule has 3 aliphatic carbocycles. The minimum atomic E-state index is -0.493. The summed E-state index contributed by atoms with van der Waals surface area (Å²) in [6, 6.07) is 5.99. The first kappa shape index (κ1) is 23.3. The highest BCUT2D eigenvalue weighted by Crippen LogP contribution is 2.35. The summed E-state index contributed by atoms with van der Waals surface area (Å²) in [5.74, 6) is -0.637. The van der Waals surface area contributed by atoms with Crippen molar-refractivity contribution in [1.29, 1.82) is 0 Å². The number of benzene rings is 1. The zero-order valence-corrected chi connectivity index (χ0v) is 19.4. The molecule has 1 atom stereocenters. The summed E-state index contributed by atoms with van der Waals surface area (Å²) in [5.41, 5.74) is 0.101. The molecule has 1 aromatic carbocycles. The van der Waals surface area contributed by atoms with Gasteiger partial charge in [-0.3, -0.25) is 9.59 Å². The molecule has 1 unspecified atom stereocenters. The number of carbonyl (C=O) groups excluding carboxylic acids is 2. The Morgan fingerprint density at radius 3 is 2.00 bits per heavy atom. The van der Waals surface area contributed by atoms with E-state index in [2.05, 4.69) is 5.32 Å². The van der Waals surface area contributed by atoms with Gasteiger partial charge in [0.1, 0.15) is 11.9 Å². The maximum Gasteiger partial charge on any atom is 0.257 e. The number of hydrogen-bond donors (Lipinski definition) is 1. The van der Waals surface area contributed by atoms with Crippen LogP contribution in [0, 0.1) is 11.7 Å². The second kappa shape index (κ2) is 11.3. The standard InChI is InChI=1S/C27H39FN2O2/c28-24-19-11-10-18-23(24)27(32)30(22-16-8-3-9-17-22)25(20-12-4-1-5-13-20)26(31)29-21-14-6-2-7-15-21/h10-11,18-22,25H,1-9,12-17H2,(H,29,31). The molecule has 0 aromatic heterocycles. The summed E-state index contributed by atoms with van der Waals surface area (Å²) in [7, 11) is 0. The number of amides is 2. The van der Waals surface area contributed by atoms with Crippen LogP contribution in [0.15, 0.2) is 24.3 Å². The summed E-state index contributed by atoms with van der Waals surface area (Å²) in [4.78, 5) is 29.5. The van der Waals surface area contributed by atoms with Crippen molar-refractivity contribution in [2.75, 3.05) is 0 Å². The van der Waals surface area contributed by atoms with E-state index in [0.717, 1.165) is 77.0 Å². The van der Waals surface area contributed by atoms with Crippen LogP contribution in [0.25, 0.3) is 0 Å². The summed E-state index contributed by atoms with van der Waals surface area (Å²) in [6.07, 6.45) is 16.0. The van der Waals surface area contributed by atoms with Crippen LogP contribution in [-0.2, 0) is 4.79 Å². The van der Waals surface area contributed by atoms with Gasteiger partial charge in [0, 0.05) is 12.1 Å². The third kappa shape index (κ3) is 5.52. The van der Waals surface area contributed by atoms with E-state index in [0.29, 0.717) is 0 Å². The van der Waals surface area contributed by atoms with E-state index in [-0.39, 0.29) is 35.4 Å². The van der Waals surface area contributed by atoms with Crippen LogP contribution in [0.3, 0.4) is 0 Å². The van der Waals surface area contributed by atoms with Crippen molar-refractivity contribution in [2.45, 2.75) is 114 Å². The smallest absolute Gasteiger partial charge is 0.257 e. The topological polar surface area (TPSA) is 49.4 Å². The Morgan fingerprint density at radius 2 is 1.38 bits per heavy atom.